The monoisotopic (exact) mass is 446 g/mol. The quantitative estimate of drug-likeness (QED) is 0.311. The van der Waals surface area contributed by atoms with Gasteiger partial charge in [-0.25, -0.2) is 4.98 Å². The summed E-state index contributed by atoms with van der Waals surface area (Å²) in [7, 11) is 0. The molecule has 0 unspecified atom stereocenters. The molecule has 0 aliphatic heterocycles. The average Bonchev–Trinajstić information content (AvgIpc) is 3.19. The highest BCUT2D eigenvalue weighted by atomic mass is 35.5. The SMILES string of the molecule is Cc1ccc(C(=O)Nc2ccc3oc(-c4ccc(Cl)c(Cl)c4)nc3c2)c2ccccc12. The van der Waals surface area contributed by atoms with Gasteiger partial charge in [0.15, 0.2) is 5.58 Å². The Balaban J connectivity index is 1.47. The van der Waals surface area contributed by atoms with Gasteiger partial charge in [-0.1, -0.05) is 53.5 Å². The summed E-state index contributed by atoms with van der Waals surface area (Å²) < 4.78 is 5.84. The number of amides is 1. The van der Waals surface area contributed by atoms with E-state index in [0.29, 0.717) is 38.3 Å². The lowest BCUT2D eigenvalue weighted by molar-refractivity contribution is 0.102. The van der Waals surface area contributed by atoms with Crippen molar-refractivity contribution in [2.24, 2.45) is 0 Å². The average molecular weight is 447 g/mol. The molecule has 1 aromatic heterocycles. The number of nitrogens with zero attached hydrogens (tertiary/aromatic N) is 1. The molecule has 0 fully saturated rings. The minimum atomic E-state index is -0.177. The summed E-state index contributed by atoms with van der Waals surface area (Å²) in [5.74, 6) is 0.255. The fourth-order valence-electron chi connectivity index (χ4n) is 3.60. The highest BCUT2D eigenvalue weighted by Crippen LogP contribution is 2.31. The molecule has 1 heterocycles. The zero-order chi connectivity index (χ0) is 21.5. The Bertz CT molecular complexity index is 1470. The molecule has 152 valence electrons. The van der Waals surface area contributed by atoms with Gasteiger partial charge in [0.2, 0.25) is 5.89 Å². The van der Waals surface area contributed by atoms with Crippen LogP contribution in [0.5, 0.6) is 0 Å². The van der Waals surface area contributed by atoms with Gasteiger partial charge in [-0.05, 0) is 65.7 Å². The molecule has 0 saturated heterocycles. The molecule has 0 radical (unpaired) electrons. The van der Waals surface area contributed by atoms with E-state index in [9.17, 15) is 4.79 Å². The smallest absolute Gasteiger partial charge is 0.256 e. The summed E-state index contributed by atoms with van der Waals surface area (Å²) in [5.41, 5.74) is 4.36. The lowest BCUT2D eigenvalue weighted by Crippen LogP contribution is -2.12. The van der Waals surface area contributed by atoms with Crippen molar-refractivity contribution in [3.63, 3.8) is 0 Å². The van der Waals surface area contributed by atoms with Crippen molar-refractivity contribution < 1.29 is 9.21 Å². The molecular weight excluding hydrogens is 431 g/mol. The number of fused-ring (bicyclic) bond motifs is 2. The number of aromatic nitrogens is 1. The number of anilines is 1. The first-order valence-electron chi connectivity index (χ1n) is 9.65. The van der Waals surface area contributed by atoms with E-state index >= 15 is 0 Å². The van der Waals surface area contributed by atoms with Crippen molar-refractivity contribution in [2.75, 3.05) is 5.32 Å². The minimum Gasteiger partial charge on any atom is -0.436 e. The van der Waals surface area contributed by atoms with Gasteiger partial charge in [-0.15, -0.1) is 0 Å². The highest BCUT2D eigenvalue weighted by Gasteiger charge is 2.14. The lowest BCUT2D eigenvalue weighted by Gasteiger charge is -2.10. The number of carbonyl (C=O) groups is 1. The Morgan fingerprint density at radius 3 is 2.52 bits per heavy atom. The molecule has 5 aromatic rings. The Morgan fingerprint density at radius 2 is 1.71 bits per heavy atom. The van der Waals surface area contributed by atoms with E-state index in [2.05, 4.69) is 10.3 Å². The number of hydrogen-bond acceptors (Lipinski definition) is 3. The number of rotatable bonds is 3. The van der Waals surface area contributed by atoms with Gasteiger partial charge in [-0.2, -0.15) is 0 Å². The molecule has 0 saturated carbocycles. The highest BCUT2D eigenvalue weighted by molar-refractivity contribution is 6.42. The number of benzene rings is 4. The zero-order valence-corrected chi connectivity index (χ0v) is 18.0. The molecule has 4 aromatic carbocycles. The molecule has 0 aliphatic rings. The molecule has 1 amide bonds. The van der Waals surface area contributed by atoms with E-state index in [1.54, 1.807) is 36.4 Å². The van der Waals surface area contributed by atoms with E-state index in [0.717, 1.165) is 21.9 Å². The van der Waals surface area contributed by atoms with Gasteiger partial charge in [0.1, 0.15) is 5.52 Å². The van der Waals surface area contributed by atoms with Crippen LogP contribution < -0.4 is 5.32 Å². The zero-order valence-electron chi connectivity index (χ0n) is 16.4. The van der Waals surface area contributed by atoms with Crippen LogP contribution in [0.4, 0.5) is 5.69 Å². The number of oxazole rings is 1. The molecule has 0 spiro atoms. The Morgan fingerprint density at radius 1 is 0.903 bits per heavy atom. The van der Waals surface area contributed by atoms with Gasteiger partial charge >= 0.3 is 0 Å². The van der Waals surface area contributed by atoms with E-state index in [4.69, 9.17) is 27.6 Å². The third-order valence-corrected chi connectivity index (χ3v) is 5.94. The summed E-state index contributed by atoms with van der Waals surface area (Å²) in [4.78, 5) is 17.5. The maximum atomic E-state index is 13.0. The summed E-state index contributed by atoms with van der Waals surface area (Å²) in [6, 6.07) is 22.3. The molecular formula is C25H16Cl2N2O2. The summed E-state index contributed by atoms with van der Waals surface area (Å²) in [6.45, 7) is 2.04. The van der Waals surface area contributed by atoms with Crippen LogP contribution in [0.15, 0.2) is 77.2 Å². The first kappa shape index (κ1) is 19.6. The van der Waals surface area contributed by atoms with Crippen molar-refractivity contribution in [1.29, 1.82) is 0 Å². The predicted molar refractivity (Wildman–Crippen MR) is 126 cm³/mol. The van der Waals surface area contributed by atoms with E-state index < -0.39 is 0 Å². The lowest BCUT2D eigenvalue weighted by atomic mass is 10.00. The summed E-state index contributed by atoms with van der Waals surface area (Å²) in [5, 5.41) is 5.85. The van der Waals surface area contributed by atoms with E-state index in [1.807, 2.05) is 43.3 Å². The third kappa shape index (κ3) is 3.65. The normalized spacial score (nSPS) is 11.2. The van der Waals surface area contributed by atoms with Crippen LogP contribution in [0.3, 0.4) is 0 Å². The number of halogens is 2. The Labute approximate surface area is 188 Å². The number of aryl methyl sites for hydroxylation is 1. The van der Waals surface area contributed by atoms with Crippen LogP contribution in [0.2, 0.25) is 10.0 Å². The number of nitrogens with one attached hydrogen (secondary N) is 1. The molecule has 0 bridgehead atoms. The molecule has 1 N–H and O–H groups in total. The van der Waals surface area contributed by atoms with Crippen LogP contribution in [-0.4, -0.2) is 10.9 Å². The fraction of sp³-hybridized carbons (Fsp3) is 0.0400. The first-order chi connectivity index (χ1) is 15.0. The second kappa shape index (κ2) is 7.73. The van der Waals surface area contributed by atoms with Crippen LogP contribution in [0.25, 0.3) is 33.3 Å². The number of carbonyl (C=O) groups excluding carboxylic acids is 1. The largest absolute Gasteiger partial charge is 0.436 e. The maximum absolute atomic E-state index is 13.0. The van der Waals surface area contributed by atoms with E-state index in [1.165, 1.54) is 0 Å². The van der Waals surface area contributed by atoms with E-state index in [-0.39, 0.29) is 5.91 Å². The van der Waals surface area contributed by atoms with Gasteiger partial charge < -0.3 is 9.73 Å². The second-order valence-electron chi connectivity index (χ2n) is 7.26. The summed E-state index contributed by atoms with van der Waals surface area (Å²) >= 11 is 12.1. The molecule has 6 heteroatoms. The van der Waals surface area contributed by atoms with Gasteiger partial charge in [-0.3, -0.25) is 4.79 Å². The van der Waals surface area contributed by atoms with Crippen molar-refractivity contribution >= 4 is 56.7 Å². The summed E-state index contributed by atoms with van der Waals surface area (Å²) in [6.07, 6.45) is 0. The minimum absolute atomic E-state index is 0.177. The topological polar surface area (TPSA) is 55.1 Å². The maximum Gasteiger partial charge on any atom is 0.256 e. The number of hydrogen-bond donors (Lipinski definition) is 1. The third-order valence-electron chi connectivity index (χ3n) is 5.20. The molecule has 0 aliphatic carbocycles. The Kier molecular flexibility index (Phi) is 4.89. The van der Waals surface area contributed by atoms with Crippen LogP contribution in [-0.2, 0) is 0 Å². The van der Waals surface area contributed by atoms with Crippen LogP contribution in [0.1, 0.15) is 15.9 Å². The van der Waals surface area contributed by atoms with Crippen molar-refractivity contribution in [3.8, 4) is 11.5 Å². The van der Waals surface area contributed by atoms with Crippen molar-refractivity contribution in [3.05, 3.63) is 94.0 Å². The van der Waals surface area contributed by atoms with Crippen LogP contribution in [0, 0.1) is 6.92 Å². The first-order valence-corrected chi connectivity index (χ1v) is 10.4. The molecule has 0 atom stereocenters. The molecule has 5 rings (SSSR count). The molecule has 4 nitrogen and oxygen atoms in total. The standard InChI is InChI=1S/C25H16Cl2N2O2/c1-14-6-9-19(18-5-3-2-4-17(14)18)24(30)28-16-8-11-23-22(13-16)29-25(31-23)15-7-10-20(26)21(27)12-15/h2-13H,1H3,(H,28,30). The van der Waals surface area contributed by atoms with Crippen LogP contribution >= 0.6 is 23.2 Å². The van der Waals surface area contributed by atoms with Gasteiger partial charge in [0.25, 0.3) is 5.91 Å². The van der Waals surface area contributed by atoms with Crippen molar-refractivity contribution in [2.45, 2.75) is 6.92 Å². The Hall–Kier alpha value is -3.34. The fourth-order valence-corrected chi connectivity index (χ4v) is 3.90. The van der Waals surface area contributed by atoms with Gasteiger partial charge in [0.05, 0.1) is 10.0 Å². The van der Waals surface area contributed by atoms with Crippen molar-refractivity contribution in [1.82, 2.24) is 4.98 Å². The predicted octanol–water partition coefficient (Wildman–Crippen LogP) is 7.52. The van der Waals surface area contributed by atoms with Gasteiger partial charge in [0, 0.05) is 16.8 Å². The second-order valence-corrected chi connectivity index (χ2v) is 8.07. The molecule has 31 heavy (non-hydrogen) atoms.